The minimum absolute atomic E-state index is 0. The summed E-state index contributed by atoms with van der Waals surface area (Å²) < 4.78 is 25.3. The topological polar surface area (TPSA) is 98.2 Å². The first-order valence-electron chi connectivity index (χ1n) is 0.500. The van der Waals surface area contributed by atoms with E-state index in [1.54, 1.807) is 0 Å². The summed E-state index contributed by atoms with van der Waals surface area (Å²) in [6.45, 7) is 0. The summed E-state index contributed by atoms with van der Waals surface area (Å²) in [7, 11) is 0. The van der Waals surface area contributed by atoms with Crippen molar-refractivity contribution in [2.45, 2.75) is 0 Å². The van der Waals surface area contributed by atoms with E-state index in [0.717, 1.165) is 0 Å². The van der Waals surface area contributed by atoms with Crippen molar-refractivity contribution in [2.75, 3.05) is 0 Å². The molecule has 0 aliphatic carbocycles. The maximum atomic E-state index is 8.44. The van der Waals surface area contributed by atoms with Crippen LogP contribution in [0.3, 0.4) is 0 Å². The van der Waals surface area contributed by atoms with Gasteiger partial charge in [-0.25, -0.2) is 0 Å². The minimum atomic E-state index is -3.11. The smallest absolute Gasteiger partial charge is 0.784 e. The normalized spacial score (nSPS) is 5.00. The van der Waals surface area contributed by atoms with Crippen molar-refractivity contribution in [1.29, 1.82) is 0 Å². The standard InChI is InChI=1S/H3N.2Na.H2O3S/c;;;1-4(2)3/h1H3;;;(H2,1,2,3)/q;2*+1;/p-2. The first-order chi connectivity index (χ1) is 1.73. The van der Waals surface area contributed by atoms with E-state index in [1.165, 1.54) is 0 Å². The molecule has 0 unspecified atom stereocenters. The van der Waals surface area contributed by atoms with Crippen LogP contribution in [0.2, 0.25) is 0 Å². The second kappa shape index (κ2) is 15.7. The van der Waals surface area contributed by atoms with Crippen molar-refractivity contribution in [3.63, 3.8) is 0 Å². The van der Waals surface area contributed by atoms with Crippen LogP contribution in [0.1, 0.15) is 0 Å². The molecule has 0 radical (unpaired) electrons. The molecule has 3 N–H and O–H groups in total. The summed E-state index contributed by atoms with van der Waals surface area (Å²) in [6.07, 6.45) is 0. The van der Waals surface area contributed by atoms with Gasteiger partial charge < -0.3 is 15.3 Å². The Morgan fingerprint density at radius 3 is 1.14 bits per heavy atom. The predicted octanol–water partition coefficient (Wildman–Crippen LogP) is -6.83. The first kappa shape index (κ1) is 23.0. The molecule has 0 spiro atoms. The van der Waals surface area contributed by atoms with E-state index in [0.29, 0.717) is 0 Å². The molecule has 0 aromatic rings. The average molecular weight is 143 g/mol. The quantitative estimate of drug-likeness (QED) is 0.269. The second-order valence-electron chi connectivity index (χ2n) is 0.204. The van der Waals surface area contributed by atoms with E-state index in [4.69, 9.17) is 13.3 Å². The Labute approximate surface area is 88.7 Å². The van der Waals surface area contributed by atoms with Gasteiger partial charge in [0.1, 0.15) is 0 Å². The van der Waals surface area contributed by atoms with Gasteiger partial charge in [-0.3, -0.25) is 4.21 Å². The summed E-state index contributed by atoms with van der Waals surface area (Å²) in [5.41, 5.74) is 0. The largest absolute Gasteiger partial charge is 1.00 e. The van der Waals surface area contributed by atoms with Gasteiger partial charge in [0, 0.05) is 0 Å². The maximum absolute atomic E-state index is 8.44. The molecule has 0 aliphatic heterocycles. The van der Waals surface area contributed by atoms with Crippen molar-refractivity contribution in [3.8, 4) is 0 Å². The Kier molecular flexibility index (Phi) is 51.6. The predicted molar refractivity (Wildman–Crippen MR) is 14.7 cm³/mol. The van der Waals surface area contributed by atoms with Gasteiger partial charge in [-0.05, 0) is 0 Å². The fourth-order valence-electron chi connectivity index (χ4n) is 0. The third kappa shape index (κ3) is 70.9. The molecule has 0 fully saturated rings. The molecule has 7 heteroatoms. The molecular formula is H3NNa2O3S. The van der Waals surface area contributed by atoms with Gasteiger partial charge in [0.25, 0.3) is 0 Å². The summed E-state index contributed by atoms with van der Waals surface area (Å²) in [4.78, 5) is 0. The third-order valence-corrected chi connectivity index (χ3v) is 0. The zero-order valence-electron chi connectivity index (χ0n) is 4.34. The molecule has 0 saturated heterocycles. The zero-order chi connectivity index (χ0) is 3.58. The summed E-state index contributed by atoms with van der Waals surface area (Å²) >= 11 is -3.11. The molecule has 0 aromatic carbocycles. The van der Waals surface area contributed by atoms with Crippen LogP contribution in [0.4, 0.5) is 0 Å². The molecule has 7 heavy (non-hydrogen) atoms. The van der Waals surface area contributed by atoms with Crippen LogP contribution in [0.25, 0.3) is 0 Å². The fraction of sp³-hybridized carbons (Fsp3) is 0. The van der Waals surface area contributed by atoms with Crippen molar-refractivity contribution in [1.82, 2.24) is 6.15 Å². The second-order valence-corrected chi connectivity index (χ2v) is 0.612. The molecule has 0 aromatic heterocycles. The minimum Gasteiger partial charge on any atom is -0.784 e. The van der Waals surface area contributed by atoms with Crippen molar-refractivity contribution < 1.29 is 72.4 Å². The molecule has 0 atom stereocenters. The van der Waals surface area contributed by atoms with Crippen molar-refractivity contribution in [2.24, 2.45) is 0 Å². The van der Waals surface area contributed by atoms with Gasteiger partial charge in [0.15, 0.2) is 0 Å². The molecule has 0 aliphatic rings. The van der Waals surface area contributed by atoms with Crippen molar-refractivity contribution in [3.05, 3.63) is 0 Å². The zero-order valence-corrected chi connectivity index (χ0v) is 9.16. The number of hydrogen-bond acceptors (Lipinski definition) is 4. The average Bonchev–Trinajstić information content (AvgIpc) is 0.811. The van der Waals surface area contributed by atoms with Crippen LogP contribution < -0.4 is 65.3 Å². The molecule has 0 rings (SSSR count). The molecular weight excluding hydrogens is 140 g/mol. The summed E-state index contributed by atoms with van der Waals surface area (Å²) in [6, 6.07) is 0. The molecule has 0 amide bonds. The Balaban J connectivity index is -0.0000000150. The number of rotatable bonds is 0. The molecule has 0 bridgehead atoms. The Bertz CT molecular complexity index is 35.9. The van der Waals surface area contributed by atoms with Gasteiger partial charge >= 0.3 is 59.1 Å². The first-order valence-corrected chi connectivity index (χ1v) is 1.50. The van der Waals surface area contributed by atoms with Crippen molar-refractivity contribution >= 4 is 11.4 Å². The Hall–Kier alpha value is 2.03. The summed E-state index contributed by atoms with van der Waals surface area (Å²) in [5.74, 6) is 0. The van der Waals surface area contributed by atoms with E-state index in [9.17, 15) is 0 Å². The van der Waals surface area contributed by atoms with Crippen LogP contribution in [-0.2, 0) is 11.4 Å². The number of hydrogen-bond donors (Lipinski definition) is 1. The van der Waals surface area contributed by atoms with Crippen LogP contribution in [0.5, 0.6) is 0 Å². The van der Waals surface area contributed by atoms with E-state index in [-0.39, 0.29) is 65.3 Å². The maximum Gasteiger partial charge on any atom is 1.00 e. The van der Waals surface area contributed by atoms with Crippen LogP contribution in [-0.4, -0.2) is 13.3 Å². The van der Waals surface area contributed by atoms with E-state index < -0.39 is 11.4 Å². The van der Waals surface area contributed by atoms with Crippen LogP contribution >= 0.6 is 0 Å². The van der Waals surface area contributed by atoms with Gasteiger partial charge in [0.2, 0.25) is 0 Å². The van der Waals surface area contributed by atoms with Gasteiger partial charge in [-0.2, -0.15) is 0 Å². The van der Waals surface area contributed by atoms with Gasteiger partial charge in [0.05, 0.1) is 0 Å². The molecule has 0 heterocycles. The van der Waals surface area contributed by atoms with E-state index in [1.807, 2.05) is 0 Å². The van der Waals surface area contributed by atoms with Crippen LogP contribution in [0.15, 0.2) is 0 Å². The molecule has 4 nitrogen and oxygen atoms in total. The van der Waals surface area contributed by atoms with Gasteiger partial charge in [-0.1, -0.05) is 0 Å². The molecule has 0 saturated carbocycles. The third-order valence-electron chi connectivity index (χ3n) is 0. The SMILES string of the molecule is N.O=S([O-])[O-].[Na+].[Na+]. The van der Waals surface area contributed by atoms with E-state index >= 15 is 0 Å². The Morgan fingerprint density at radius 2 is 1.14 bits per heavy atom. The summed E-state index contributed by atoms with van der Waals surface area (Å²) in [5, 5.41) is 0. The van der Waals surface area contributed by atoms with Gasteiger partial charge in [-0.15, -0.1) is 11.4 Å². The Morgan fingerprint density at radius 1 is 1.14 bits per heavy atom. The van der Waals surface area contributed by atoms with Crippen LogP contribution in [0, 0.1) is 0 Å². The fourth-order valence-corrected chi connectivity index (χ4v) is 0. The monoisotopic (exact) mass is 143 g/mol. The van der Waals surface area contributed by atoms with E-state index in [2.05, 4.69) is 0 Å². The molecule has 34 valence electrons.